The zero-order valence-electron chi connectivity index (χ0n) is 8.19. The summed E-state index contributed by atoms with van der Waals surface area (Å²) in [5.41, 5.74) is 6.33. The Morgan fingerprint density at radius 1 is 1.50 bits per heavy atom. The Morgan fingerprint density at radius 2 is 2.29 bits per heavy atom. The number of ether oxygens (including phenoxy) is 1. The van der Waals surface area contributed by atoms with Crippen molar-refractivity contribution < 1.29 is 9.84 Å². The van der Waals surface area contributed by atoms with Crippen LogP contribution in [0.5, 0.6) is 5.75 Å². The molecule has 0 atom stereocenters. The lowest BCUT2D eigenvalue weighted by Crippen LogP contribution is -1.91. The number of aliphatic hydroxyl groups excluding tert-OH is 1. The van der Waals surface area contributed by atoms with Gasteiger partial charge in [-0.05, 0) is 18.6 Å². The number of nitrogen functional groups attached to an aromatic ring is 1. The molecule has 0 saturated carbocycles. The smallest absolute Gasteiger partial charge is 0.134 e. The van der Waals surface area contributed by atoms with Crippen molar-refractivity contribution in [3.8, 4) is 5.75 Å². The Labute approximate surface area is 88.3 Å². The summed E-state index contributed by atoms with van der Waals surface area (Å²) >= 11 is 1.66. The topological polar surface area (TPSA) is 55.5 Å². The van der Waals surface area contributed by atoms with Crippen molar-refractivity contribution in [2.75, 3.05) is 25.2 Å². The summed E-state index contributed by atoms with van der Waals surface area (Å²) in [4.78, 5) is 1.06. The minimum atomic E-state index is 0.226. The van der Waals surface area contributed by atoms with E-state index < -0.39 is 0 Å². The number of methoxy groups -OCH3 is 1. The maximum Gasteiger partial charge on any atom is 0.134 e. The monoisotopic (exact) mass is 213 g/mol. The second-order valence-corrected chi connectivity index (χ2v) is 3.97. The quantitative estimate of drug-likeness (QED) is 0.444. The fraction of sp³-hybridized carbons (Fsp3) is 0.400. The van der Waals surface area contributed by atoms with Crippen LogP contribution in [-0.4, -0.2) is 24.6 Å². The lowest BCUT2D eigenvalue weighted by Gasteiger charge is -2.08. The lowest BCUT2D eigenvalue weighted by molar-refractivity contribution is 0.296. The highest BCUT2D eigenvalue weighted by atomic mass is 32.2. The van der Waals surface area contributed by atoms with E-state index in [0.29, 0.717) is 5.69 Å². The van der Waals surface area contributed by atoms with Gasteiger partial charge in [0.1, 0.15) is 5.75 Å². The standard InChI is InChI=1S/C10H15NO2S/c1-13-9-7-8(11)3-4-10(9)14-6-2-5-12/h3-4,7,12H,2,5-6,11H2,1H3. The molecule has 0 bridgehead atoms. The first kappa shape index (κ1) is 11.2. The van der Waals surface area contributed by atoms with Gasteiger partial charge in [-0.1, -0.05) is 0 Å². The first-order chi connectivity index (χ1) is 6.77. The van der Waals surface area contributed by atoms with Crippen molar-refractivity contribution in [2.24, 2.45) is 0 Å². The van der Waals surface area contributed by atoms with Crippen molar-refractivity contribution in [3.63, 3.8) is 0 Å². The van der Waals surface area contributed by atoms with Crippen LogP contribution in [-0.2, 0) is 0 Å². The fourth-order valence-corrected chi connectivity index (χ4v) is 1.99. The summed E-state index contributed by atoms with van der Waals surface area (Å²) in [6.07, 6.45) is 0.790. The summed E-state index contributed by atoms with van der Waals surface area (Å²) < 4.78 is 5.19. The summed E-state index contributed by atoms with van der Waals surface area (Å²) in [6.45, 7) is 0.226. The van der Waals surface area contributed by atoms with Gasteiger partial charge in [0.25, 0.3) is 0 Å². The Hall–Kier alpha value is -0.870. The van der Waals surface area contributed by atoms with Gasteiger partial charge in [-0.3, -0.25) is 0 Å². The third-order valence-corrected chi connectivity index (χ3v) is 2.89. The number of anilines is 1. The number of hydrogen-bond donors (Lipinski definition) is 2. The number of rotatable bonds is 5. The van der Waals surface area contributed by atoms with E-state index in [9.17, 15) is 0 Å². The van der Waals surface area contributed by atoms with Crippen LogP contribution in [0.2, 0.25) is 0 Å². The molecule has 0 amide bonds. The van der Waals surface area contributed by atoms with Gasteiger partial charge >= 0.3 is 0 Å². The molecule has 0 saturated heterocycles. The summed E-state index contributed by atoms with van der Waals surface area (Å²) in [5, 5.41) is 8.65. The lowest BCUT2D eigenvalue weighted by atomic mass is 10.3. The average Bonchev–Trinajstić information content (AvgIpc) is 2.20. The third kappa shape index (κ3) is 3.12. The van der Waals surface area contributed by atoms with Gasteiger partial charge in [-0.2, -0.15) is 0 Å². The van der Waals surface area contributed by atoms with E-state index in [2.05, 4.69) is 0 Å². The van der Waals surface area contributed by atoms with Crippen molar-refractivity contribution in [3.05, 3.63) is 18.2 Å². The minimum Gasteiger partial charge on any atom is -0.496 e. The van der Waals surface area contributed by atoms with Crippen LogP contribution in [0.3, 0.4) is 0 Å². The largest absolute Gasteiger partial charge is 0.496 e. The fourth-order valence-electron chi connectivity index (χ4n) is 1.05. The second-order valence-electron chi connectivity index (χ2n) is 2.84. The molecule has 0 aliphatic carbocycles. The number of hydrogen-bond acceptors (Lipinski definition) is 4. The number of aliphatic hydroxyl groups is 1. The van der Waals surface area contributed by atoms with Gasteiger partial charge in [0, 0.05) is 29.0 Å². The summed E-state index contributed by atoms with van der Waals surface area (Å²) in [7, 11) is 1.63. The molecule has 3 nitrogen and oxygen atoms in total. The highest BCUT2D eigenvalue weighted by Crippen LogP contribution is 2.31. The molecule has 1 aromatic rings. The van der Waals surface area contributed by atoms with Crippen LogP contribution in [0.25, 0.3) is 0 Å². The molecule has 1 aromatic carbocycles. The van der Waals surface area contributed by atoms with Gasteiger partial charge in [0.2, 0.25) is 0 Å². The molecule has 0 radical (unpaired) electrons. The maximum absolute atomic E-state index is 8.65. The van der Waals surface area contributed by atoms with E-state index in [1.54, 1.807) is 24.9 Å². The molecule has 0 aliphatic heterocycles. The first-order valence-corrected chi connectivity index (χ1v) is 5.43. The van der Waals surface area contributed by atoms with E-state index >= 15 is 0 Å². The number of nitrogens with two attached hydrogens (primary N) is 1. The molecule has 0 fully saturated rings. The van der Waals surface area contributed by atoms with Gasteiger partial charge < -0.3 is 15.6 Å². The van der Waals surface area contributed by atoms with Crippen LogP contribution in [0.1, 0.15) is 6.42 Å². The van der Waals surface area contributed by atoms with Crippen molar-refractivity contribution >= 4 is 17.4 Å². The molecule has 0 aliphatic rings. The molecule has 4 heteroatoms. The van der Waals surface area contributed by atoms with E-state index in [0.717, 1.165) is 22.8 Å². The molecular formula is C10H15NO2S. The van der Waals surface area contributed by atoms with Crippen LogP contribution in [0, 0.1) is 0 Å². The van der Waals surface area contributed by atoms with Crippen LogP contribution >= 0.6 is 11.8 Å². The van der Waals surface area contributed by atoms with Gasteiger partial charge in [-0.15, -0.1) is 11.8 Å². The van der Waals surface area contributed by atoms with Gasteiger partial charge in [0.15, 0.2) is 0 Å². The van der Waals surface area contributed by atoms with Crippen molar-refractivity contribution in [1.29, 1.82) is 0 Å². The normalized spacial score (nSPS) is 10.1. The number of benzene rings is 1. The van der Waals surface area contributed by atoms with E-state index in [1.165, 1.54) is 0 Å². The van der Waals surface area contributed by atoms with Crippen molar-refractivity contribution in [2.45, 2.75) is 11.3 Å². The molecule has 0 unspecified atom stereocenters. The van der Waals surface area contributed by atoms with Crippen LogP contribution in [0.15, 0.2) is 23.1 Å². The molecule has 0 spiro atoms. The zero-order chi connectivity index (χ0) is 10.4. The highest BCUT2D eigenvalue weighted by molar-refractivity contribution is 7.99. The molecule has 1 rings (SSSR count). The molecule has 0 heterocycles. The summed E-state index contributed by atoms with van der Waals surface area (Å²) in [6, 6.07) is 5.60. The van der Waals surface area contributed by atoms with Gasteiger partial charge in [-0.25, -0.2) is 0 Å². The van der Waals surface area contributed by atoms with E-state index in [1.807, 2.05) is 12.1 Å². The van der Waals surface area contributed by atoms with Gasteiger partial charge in [0.05, 0.1) is 7.11 Å². The zero-order valence-corrected chi connectivity index (χ0v) is 9.01. The van der Waals surface area contributed by atoms with Crippen LogP contribution in [0.4, 0.5) is 5.69 Å². The molecule has 0 aromatic heterocycles. The van der Waals surface area contributed by atoms with Crippen molar-refractivity contribution in [1.82, 2.24) is 0 Å². The second kappa shape index (κ2) is 5.78. The van der Waals surface area contributed by atoms with E-state index in [-0.39, 0.29) is 6.61 Å². The molecule has 78 valence electrons. The summed E-state index contributed by atoms with van der Waals surface area (Å²) in [5.74, 6) is 1.68. The molecular weight excluding hydrogens is 198 g/mol. The predicted molar refractivity (Wildman–Crippen MR) is 59.8 cm³/mol. The average molecular weight is 213 g/mol. The predicted octanol–water partition coefficient (Wildman–Crippen LogP) is 1.75. The number of thioether (sulfide) groups is 1. The SMILES string of the molecule is COc1cc(N)ccc1SCCCO. The molecule has 14 heavy (non-hydrogen) atoms. The Morgan fingerprint density at radius 3 is 2.93 bits per heavy atom. The Bertz CT molecular complexity index is 291. The highest BCUT2D eigenvalue weighted by Gasteiger charge is 2.03. The maximum atomic E-state index is 8.65. The third-order valence-electron chi connectivity index (χ3n) is 1.75. The Balaban J connectivity index is 2.65. The van der Waals surface area contributed by atoms with E-state index in [4.69, 9.17) is 15.6 Å². The first-order valence-electron chi connectivity index (χ1n) is 4.45. The molecule has 3 N–H and O–H groups in total. The Kier molecular flexibility index (Phi) is 4.62. The van der Waals surface area contributed by atoms with Crippen LogP contribution < -0.4 is 10.5 Å². The minimum absolute atomic E-state index is 0.226.